The van der Waals surface area contributed by atoms with Gasteiger partial charge >= 0.3 is 0 Å². The van der Waals surface area contributed by atoms with Crippen molar-refractivity contribution in [1.29, 1.82) is 0 Å². The molecule has 0 aromatic carbocycles. The summed E-state index contributed by atoms with van der Waals surface area (Å²) in [5.41, 5.74) is 9.42. The largest absolute Gasteiger partial charge is 0.351 e. The highest BCUT2D eigenvalue weighted by molar-refractivity contribution is 5.67. The molecule has 0 spiro atoms. The molecule has 0 aliphatic heterocycles. The van der Waals surface area contributed by atoms with E-state index in [9.17, 15) is 4.39 Å². The summed E-state index contributed by atoms with van der Waals surface area (Å²) in [7, 11) is 0. The monoisotopic (exact) mass is 403 g/mol. The van der Waals surface area contributed by atoms with Crippen molar-refractivity contribution >= 4 is 11.6 Å². The van der Waals surface area contributed by atoms with Gasteiger partial charge < -0.3 is 11.1 Å². The average molecular weight is 403 g/mol. The minimum absolute atomic E-state index is 0.218. The number of fused-ring (bicyclic) bond motifs is 1. The van der Waals surface area contributed by atoms with E-state index in [4.69, 9.17) is 5.73 Å². The van der Waals surface area contributed by atoms with Crippen LogP contribution in [0.1, 0.15) is 25.7 Å². The second-order valence-electron chi connectivity index (χ2n) is 7.68. The van der Waals surface area contributed by atoms with Crippen molar-refractivity contribution in [2.45, 2.75) is 37.8 Å². The van der Waals surface area contributed by atoms with Crippen molar-refractivity contribution in [2.24, 2.45) is 5.73 Å². The summed E-state index contributed by atoms with van der Waals surface area (Å²) in [6.07, 6.45) is 12.2. The van der Waals surface area contributed by atoms with E-state index in [1.165, 1.54) is 6.20 Å². The van der Waals surface area contributed by atoms with Gasteiger partial charge in [0.1, 0.15) is 11.3 Å². The molecule has 0 saturated heterocycles. The number of imidazole rings is 1. The molecule has 4 aromatic rings. The van der Waals surface area contributed by atoms with Crippen molar-refractivity contribution in [2.75, 3.05) is 5.32 Å². The second-order valence-corrected chi connectivity index (χ2v) is 7.68. The number of hydrogen-bond acceptors (Lipinski definition) is 6. The van der Waals surface area contributed by atoms with E-state index < -0.39 is 5.82 Å². The topological polar surface area (TPSA) is 94.0 Å². The molecule has 152 valence electrons. The summed E-state index contributed by atoms with van der Waals surface area (Å²) in [4.78, 5) is 17.2. The van der Waals surface area contributed by atoms with Gasteiger partial charge in [-0.15, -0.1) is 0 Å². The molecule has 1 saturated carbocycles. The highest BCUT2D eigenvalue weighted by atomic mass is 19.1. The molecule has 1 aliphatic carbocycles. The Morgan fingerprint density at radius 1 is 1.00 bits per heavy atom. The molecule has 0 amide bonds. The zero-order valence-corrected chi connectivity index (χ0v) is 16.4. The zero-order chi connectivity index (χ0) is 20.5. The molecule has 1 aliphatic rings. The fourth-order valence-corrected chi connectivity index (χ4v) is 3.92. The van der Waals surface area contributed by atoms with Crippen molar-refractivity contribution in [3.8, 4) is 22.5 Å². The lowest BCUT2D eigenvalue weighted by Gasteiger charge is -2.26. The Hall–Kier alpha value is -3.39. The number of nitrogens with zero attached hydrogens (tertiary/aromatic N) is 5. The summed E-state index contributed by atoms with van der Waals surface area (Å²) in [6.45, 7) is 0. The van der Waals surface area contributed by atoms with Crippen LogP contribution in [-0.4, -0.2) is 36.4 Å². The fraction of sp³-hybridized carbons (Fsp3) is 0.273. The number of nitrogens with two attached hydrogens (primary N) is 1. The molecule has 5 rings (SSSR count). The Morgan fingerprint density at radius 2 is 1.87 bits per heavy atom. The maximum absolute atomic E-state index is 14.7. The number of rotatable bonds is 4. The van der Waals surface area contributed by atoms with Gasteiger partial charge in [-0.1, -0.05) is 6.07 Å². The lowest BCUT2D eigenvalue weighted by molar-refractivity contribution is 0.409. The summed E-state index contributed by atoms with van der Waals surface area (Å²) in [6, 6.07) is 8.25. The van der Waals surface area contributed by atoms with E-state index in [0.29, 0.717) is 17.3 Å². The molecule has 0 bridgehead atoms. The summed E-state index contributed by atoms with van der Waals surface area (Å²) >= 11 is 0. The van der Waals surface area contributed by atoms with E-state index >= 15 is 0 Å². The minimum atomic E-state index is -0.486. The maximum atomic E-state index is 14.7. The quantitative estimate of drug-likeness (QED) is 0.540. The molecule has 30 heavy (non-hydrogen) atoms. The van der Waals surface area contributed by atoms with Gasteiger partial charge in [-0.3, -0.25) is 9.38 Å². The van der Waals surface area contributed by atoms with Crippen LogP contribution in [0.5, 0.6) is 0 Å². The van der Waals surface area contributed by atoms with Gasteiger partial charge in [0.15, 0.2) is 5.82 Å². The second kappa shape index (κ2) is 7.79. The average Bonchev–Trinajstić information content (AvgIpc) is 3.20. The number of aromatic nitrogens is 5. The molecule has 8 heteroatoms. The fourth-order valence-electron chi connectivity index (χ4n) is 3.92. The van der Waals surface area contributed by atoms with E-state index in [-0.39, 0.29) is 17.8 Å². The first-order chi connectivity index (χ1) is 14.7. The van der Waals surface area contributed by atoms with Crippen LogP contribution in [0.15, 0.2) is 55.2 Å². The molecular weight excluding hydrogens is 381 g/mol. The van der Waals surface area contributed by atoms with Crippen LogP contribution in [0.25, 0.3) is 28.2 Å². The molecule has 7 nitrogen and oxygen atoms in total. The number of nitrogens with one attached hydrogen (secondary N) is 1. The van der Waals surface area contributed by atoms with Crippen molar-refractivity contribution in [3.63, 3.8) is 0 Å². The molecular formula is C22H22FN7. The summed E-state index contributed by atoms with van der Waals surface area (Å²) < 4.78 is 16.5. The Labute approximate surface area is 173 Å². The molecule has 4 aromatic heterocycles. The van der Waals surface area contributed by atoms with Gasteiger partial charge in [0, 0.05) is 41.8 Å². The van der Waals surface area contributed by atoms with Crippen LogP contribution in [0.2, 0.25) is 0 Å². The van der Waals surface area contributed by atoms with Crippen LogP contribution in [0, 0.1) is 5.82 Å². The molecule has 0 atom stereocenters. The standard InChI is InChI=1S/C22H22FN7/c23-18-11-27-22(28-17-6-4-16(24)5-7-17)29-21(18)19-12-26-20-8-3-15(13-30(19)20)14-2-1-9-25-10-14/h1-3,8-13,16-17H,4-7,24H2,(H,27,28,29). The first-order valence-corrected chi connectivity index (χ1v) is 10.1. The molecule has 0 radical (unpaired) electrons. The van der Waals surface area contributed by atoms with Crippen LogP contribution in [0.4, 0.5) is 10.3 Å². The van der Waals surface area contributed by atoms with Gasteiger partial charge in [0.05, 0.1) is 18.1 Å². The molecule has 3 N–H and O–H groups in total. The highest BCUT2D eigenvalue weighted by Crippen LogP contribution is 2.27. The van der Waals surface area contributed by atoms with Crippen LogP contribution >= 0.6 is 0 Å². The van der Waals surface area contributed by atoms with E-state index in [0.717, 1.165) is 36.8 Å². The summed E-state index contributed by atoms with van der Waals surface area (Å²) in [5.74, 6) is -0.0648. The van der Waals surface area contributed by atoms with E-state index in [1.807, 2.05) is 34.9 Å². The lowest BCUT2D eigenvalue weighted by atomic mass is 9.92. The van der Waals surface area contributed by atoms with Crippen molar-refractivity contribution < 1.29 is 4.39 Å². The predicted octanol–water partition coefficient (Wildman–Crippen LogP) is 3.67. The normalized spacial score (nSPS) is 19.1. The highest BCUT2D eigenvalue weighted by Gasteiger charge is 2.20. The Morgan fingerprint density at radius 3 is 2.67 bits per heavy atom. The van der Waals surface area contributed by atoms with Gasteiger partial charge in [0.25, 0.3) is 0 Å². The number of pyridine rings is 2. The maximum Gasteiger partial charge on any atom is 0.223 e. The smallest absolute Gasteiger partial charge is 0.223 e. The van der Waals surface area contributed by atoms with Crippen LogP contribution in [-0.2, 0) is 0 Å². The zero-order valence-electron chi connectivity index (χ0n) is 16.4. The van der Waals surface area contributed by atoms with Crippen LogP contribution in [0.3, 0.4) is 0 Å². The van der Waals surface area contributed by atoms with Crippen LogP contribution < -0.4 is 11.1 Å². The third-order valence-corrected chi connectivity index (χ3v) is 5.59. The van der Waals surface area contributed by atoms with Gasteiger partial charge in [-0.25, -0.2) is 19.3 Å². The first-order valence-electron chi connectivity index (χ1n) is 10.1. The van der Waals surface area contributed by atoms with Gasteiger partial charge in [-0.2, -0.15) is 0 Å². The van der Waals surface area contributed by atoms with Crippen molar-refractivity contribution in [1.82, 2.24) is 24.3 Å². The van der Waals surface area contributed by atoms with Gasteiger partial charge in [-0.05, 0) is 43.9 Å². The number of hydrogen-bond donors (Lipinski definition) is 2. The van der Waals surface area contributed by atoms with Crippen molar-refractivity contribution in [3.05, 3.63) is 61.1 Å². The SMILES string of the molecule is NC1CCC(Nc2ncc(F)c(-c3cnc4ccc(-c5cccnc5)cn34)n2)CC1. The predicted molar refractivity (Wildman–Crippen MR) is 113 cm³/mol. The third kappa shape index (κ3) is 3.61. The van der Waals surface area contributed by atoms with E-state index in [2.05, 4.69) is 25.3 Å². The summed E-state index contributed by atoms with van der Waals surface area (Å²) in [5, 5.41) is 3.33. The molecule has 1 fully saturated rings. The van der Waals surface area contributed by atoms with E-state index in [1.54, 1.807) is 18.6 Å². The Kier molecular flexibility index (Phi) is 4.84. The lowest BCUT2D eigenvalue weighted by Crippen LogP contribution is -2.33. The Balaban J connectivity index is 1.50. The van der Waals surface area contributed by atoms with Gasteiger partial charge in [0.2, 0.25) is 5.95 Å². The molecule has 4 heterocycles. The Bertz CT molecular complexity index is 1170. The first kappa shape index (κ1) is 18.6. The third-order valence-electron chi connectivity index (χ3n) is 5.59. The molecule has 0 unspecified atom stereocenters. The number of halogens is 1. The minimum Gasteiger partial charge on any atom is -0.351 e. The number of anilines is 1.